The average Bonchev–Trinajstić information content (AvgIpc) is 2.65. The molecule has 17 heavy (non-hydrogen) atoms. The van der Waals surface area contributed by atoms with Crippen LogP contribution in [0.4, 0.5) is 0 Å². The molecule has 1 aliphatic heterocycles. The van der Waals surface area contributed by atoms with E-state index >= 15 is 0 Å². The van der Waals surface area contributed by atoms with Crippen molar-refractivity contribution in [1.82, 2.24) is 9.99 Å². The SMILES string of the molecule is NN1CCCCCC1c1cc2ncccc2s1. The van der Waals surface area contributed by atoms with Gasteiger partial charge in [-0.3, -0.25) is 10.8 Å². The normalized spacial score (nSPS) is 22.8. The van der Waals surface area contributed by atoms with Crippen LogP contribution >= 0.6 is 11.3 Å². The molecule has 0 aliphatic carbocycles. The van der Waals surface area contributed by atoms with E-state index in [9.17, 15) is 0 Å². The number of rotatable bonds is 1. The lowest BCUT2D eigenvalue weighted by atomic mass is 10.1. The molecule has 0 aromatic carbocycles. The zero-order valence-corrected chi connectivity index (χ0v) is 10.6. The van der Waals surface area contributed by atoms with Crippen LogP contribution in [0.1, 0.15) is 36.6 Å². The van der Waals surface area contributed by atoms with Crippen LogP contribution in [0, 0.1) is 0 Å². The van der Waals surface area contributed by atoms with Crippen molar-refractivity contribution in [1.29, 1.82) is 0 Å². The predicted octanol–water partition coefficient (Wildman–Crippen LogP) is 3.09. The largest absolute Gasteiger partial charge is 0.268 e. The zero-order valence-electron chi connectivity index (χ0n) is 9.80. The summed E-state index contributed by atoms with van der Waals surface area (Å²) in [5.74, 6) is 6.15. The first-order chi connectivity index (χ1) is 8.34. The monoisotopic (exact) mass is 247 g/mol. The second kappa shape index (κ2) is 4.72. The lowest BCUT2D eigenvalue weighted by Gasteiger charge is -2.23. The number of hydrazine groups is 1. The van der Waals surface area contributed by atoms with Crippen LogP contribution in [-0.4, -0.2) is 16.5 Å². The molecule has 3 heterocycles. The number of hydrogen-bond acceptors (Lipinski definition) is 4. The number of hydrogen-bond donors (Lipinski definition) is 1. The molecule has 1 unspecified atom stereocenters. The summed E-state index contributed by atoms with van der Waals surface area (Å²) in [6.45, 7) is 1.01. The van der Waals surface area contributed by atoms with Crippen LogP contribution in [0.2, 0.25) is 0 Å². The number of fused-ring (bicyclic) bond motifs is 1. The van der Waals surface area contributed by atoms with Crippen molar-refractivity contribution in [2.24, 2.45) is 5.84 Å². The Labute approximate surface area is 105 Å². The molecule has 2 N–H and O–H groups in total. The molecule has 3 rings (SSSR count). The first-order valence-electron chi connectivity index (χ1n) is 6.20. The van der Waals surface area contributed by atoms with Gasteiger partial charge in [0.25, 0.3) is 0 Å². The smallest absolute Gasteiger partial charge is 0.0813 e. The molecular weight excluding hydrogens is 230 g/mol. The second-order valence-corrected chi connectivity index (χ2v) is 5.75. The van der Waals surface area contributed by atoms with E-state index in [1.807, 2.05) is 28.6 Å². The van der Waals surface area contributed by atoms with E-state index in [4.69, 9.17) is 5.84 Å². The number of thiophene rings is 1. The number of pyridine rings is 1. The van der Waals surface area contributed by atoms with Gasteiger partial charge in [0.2, 0.25) is 0 Å². The fourth-order valence-corrected chi connectivity index (χ4v) is 3.67. The van der Waals surface area contributed by atoms with Gasteiger partial charge in [-0.15, -0.1) is 11.3 Å². The molecule has 1 atom stereocenters. The summed E-state index contributed by atoms with van der Waals surface area (Å²) >= 11 is 1.83. The van der Waals surface area contributed by atoms with Crippen molar-refractivity contribution in [3.8, 4) is 0 Å². The van der Waals surface area contributed by atoms with Crippen LogP contribution in [0.15, 0.2) is 24.4 Å². The summed E-state index contributed by atoms with van der Waals surface area (Å²) in [6.07, 6.45) is 6.82. The summed E-state index contributed by atoms with van der Waals surface area (Å²) in [5.41, 5.74) is 1.10. The Kier molecular flexibility index (Phi) is 3.09. The van der Waals surface area contributed by atoms with E-state index in [1.165, 1.54) is 35.3 Å². The highest BCUT2D eigenvalue weighted by atomic mass is 32.1. The van der Waals surface area contributed by atoms with E-state index in [-0.39, 0.29) is 0 Å². The summed E-state index contributed by atoms with van der Waals surface area (Å²) < 4.78 is 1.26. The summed E-state index contributed by atoms with van der Waals surface area (Å²) in [7, 11) is 0. The molecule has 0 amide bonds. The summed E-state index contributed by atoms with van der Waals surface area (Å²) in [6, 6.07) is 6.72. The van der Waals surface area contributed by atoms with Crippen LogP contribution in [-0.2, 0) is 0 Å². The van der Waals surface area contributed by atoms with E-state index in [1.54, 1.807) is 0 Å². The molecule has 0 spiro atoms. The molecule has 0 bridgehead atoms. The van der Waals surface area contributed by atoms with Gasteiger partial charge in [0.1, 0.15) is 0 Å². The van der Waals surface area contributed by atoms with Gasteiger partial charge in [-0.05, 0) is 31.0 Å². The fourth-order valence-electron chi connectivity index (χ4n) is 2.49. The molecule has 1 saturated heterocycles. The molecule has 0 saturated carbocycles. The number of nitrogens with zero attached hydrogens (tertiary/aromatic N) is 2. The Bertz CT molecular complexity index is 475. The zero-order chi connectivity index (χ0) is 11.7. The Morgan fingerprint density at radius 3 is 3.18 bits per heavy atom. The van der Waals surface area contributed by atoms with Gasteiger partial charge in [0.15, 0.2) is 0 Å². The second-order valence-electron chi connectivity index (χ2n) is 4.64. The third-order valence-electron chi connectivity index (χ3n) is 3.43. The molecule has 90 valence electrons. The standard InChI is InChI=1S/C13H17N3S/c14-16-8-3-1-2-5-11(16)13-9-10-12(17-13)6-4-7-15-10/h4,6-7,9,11H,1-3,5,8,14H2. The van der Waals surface area contributed by atoms with Crippen LogP contribution in [0.5, 0.6) is 0 Å². The van der Waals surface area contributed by atoms with Crippen molar-refractivity contribution in [3.05, 3.63) is 29.3 Å². The third-order valence-corrected chi connectivity index (χ3v) is 4.62. The molecule has 2 aromatic rings. The third kappa shape index (κ3) is 2.20. The highest BCUT2D eigenvalue weighted by molar-refractivity contribution is 7.19. The Hall–Kier alpha value is -0.970. The maximum absolute atomic E-state index is 6.15. The van der Waals surface area contributed by atoms with Gasteiger partial charge >= 0.3 is 0 Å². The molecule has 1 aliphatic rings. The van der Waals surface area contributed by atoms with Crippen LogP contribution < -0.4 is 5.84 Å². The quantitative estimate of drug-likeness (QED) is 0.787. The number of nitrogens with two attached hydrogens (primary N) is 1. The molecule has 0 radical (unpaired) electrons. The molecule has 1 fully saturated rings. The predicted molar refractivity (Wildman–Crippen MR) is 71.7 cm³/mol. The summed E-state index contributed by atoms with van der Waals surface area (Å²) in [5, 5.41) is 2.01. The lowest BCUT2D eigenvalue weighted by molar-refractivity contribution is 0.210. The molecule has 2 aromatic heterocycles. The van der Waals surface area contributed by atoms with Crippen LogP contribution in [0.25, 0.3) is 10.2 Å². The van der Waals surface area contributed by atoms with Crippen molar-refractivity contribution in [2.45, 2.75) is 31.7 Å². The van der Waals surface area contributed by atoms with Crippen molar-refractivity contribution >= 4 is 21.6 Å². The van der Waals surface area contributed by atoms with Gasteiger partial charge in [0.05, 0.1) is 16.3 Å². The first-order valence-corrected chi connectivity index (χ1v) is 7.02. The minimum Gasteiger partial charge on any atom is -0.268 e. The van der Waals surface area contributed by atoms with Gasteiger partial charge < -0.3 is 0 Å². The topological polar surface area (TPSA) is 42.1 Å². The lowest BCUT2D eigenvalue weighted by Crippen LogP contribution is -2.34. The molecular formula is C13H17N3S. The minimum atomic E-state index is 0.386. The van der Waals surface area contributed by atoms with E-state index in [0.29, 0.717) is 6.04 Å². The van der Waals surface area contributed by atoms with E-state index in [2.05, 4.69) is 17.1 Å². The highest BCUT2D eigenvalue weighted by Crippen LogP contribution is 2.35. The minimum absolute atomic E-state index is 0.386. The maximum atomic E-state index is 6.15. The number of aromatic nitrogens is 1. The van der Waals surface area contributed by atoms with E-state index in [0.717, 1.165) is 12.1 Å². The van der Waals surface area contributed by atoms with Gasteiger partial charge in [-0.1, -0.05) is 12.8 Å². The van der Waals surface area contributed by atoms with E-state index < -0.39 is 0 Å². The molecule has 3 nitrogen and oxygen atoms in total. The van der Waals surface area contributed by atoms with Crippen molar-refractivity contribution < 1.29 is 0 Å². The Morgan fingerprint density at radius 1 is 1.35 bits per heavy atom. The van der Waals surface area contributed by atoms with Gasteiger partial charge in [0, 0.05) is 17.6 Å². The van der Waals surface area contributed by atoms with Crippen molar-refractivity contribution in [3.63, 3.8) is 0 Å². The first kappa shape index (κ1) is 11.1. The Morgan fingerprint density at radius 2 is 2.29 bits per heavy atom. The maximum Gasteiger partial charge on any atom is 0.0813 e. The van der Waals surface area contributed by atoms with Crippen LogP contribution in [0.3, 0.4) is 0 Å². The highest BCUT2D eigenvalue weighted by Gasteiger charge is 2.21. The van der Waals surface area contributed by atoms with Gasteiger partial charge in [-0.25, -0.2) is 5.01 Å². The fraction of sp³-hybridized carbons (Fsp3) is 0.462. The molecule has 4 heteroatoms. The average molecular weight is 247 g/mol. The van der Waals surface area contributed by atoms with Gasteiger partial charge in [-0.2, -0.15) is 0 Å². The Balaban J connectivity index is 1.95. The van der Waals surface area contributed by atoms with Crippen molar-refractivity contribution in [2.75, 3.05) is 6.54 Å². The summed E-state index contributed by atoms with van der Waals surface area (Å²) in [4.78, 5) is 5.76.